The molecule has 0 aromatic carbocycles. The highest BCUT2D eigenvalue weighted by atomic mass is 16.5. The second-order valence-corrected chi connectivity index (χ2v) is 4.83. The lowest BCUT2D eigenvalue weighted by atomic mass is 10.1. The summed E-state index contributed by atoms with van der Waals surface area (Å²) in [6.45, 7) is 11.7. The third-order valence-electron chi connectivity index (χ3n) is 2.61. The van der Waals surface area contributed by atoms with Crippen molar-refractivity contribution in [2.45, 2.75) is 46.6 Å². The van der Waals surface area contributed by atoms with Crippen LogP contribution in [0.25, 0.3) is 0 Å². The maximum atomic E-state index is 5.78. The third-order valence-corrected chi connectivity index (χ3v) is 2.61. The summed E-state index contributed by atoms with van der Waals surface area (Å²) >= 11 is 0. The molecule has 15 heavy (non-hydrogen) atoms. The van der Waals surface area contributed by atoms with Gasteiger partial charge in [-0.25, -0.2) is 0 Å². The Morgan fingerprint density at radius 1 is 1.47 bits per heavy atom. The standard InChI is InChI=1S/C13H22O2/c1-6-10(2)7-12-11(3)8-15-13(4,5)9-14-12/h7H,6,8-9H2,1-5H3/b10-7+. The van der Waals surface area contributed by atoms with Crippen LogP contribution in [-0.2, 0) is 9.47 Å². The van der Waals surface area contributed by atoms with E-state index in [-0.39, 0.29) is 5.60 Å². The summed E-state index contributed by atoms with van der Waals surface area (Å²) in [4.78, 5) is 0. The summed E-state index contributed by atoms with van der Waals surface area (Å²) in [5.74, 6) is 0.986. The van der Waals surface area contributed by atoms with Crippen LogP contribution in [0, 0.1) is 0 Å². The fourth-order valence-electron chi connectivity index (χ4n) is 1.28. The van der Waals surface area contributed by atoms with Crippen molar-refractivity contribution in [3.05, 3.63) is 23.0 Å². The van der Waals surface area contributed by atoms with Crippen LogP contribution >= 0.6 is 0 Å². The summed E-state index contributed by atoms with van der Waals surface area (Å²) < 4.78 is 11.5. The van der Waals surface area contributed by atoms with Crippen LogP contribution in [0.3, 0.4) is 0 Å². The number of ether oxygens (including phenoxy) is 2. The van der Waals surface area contributed by atoms with E-state index in [1.165, 1.54) is 11.1 Å². The van der Waals surface area contributed by atoms with Gasteiger partial charge in [0.1, 0.15) is 12.4 Å². The molecule has 0 saturated carbocycles. The highest BCUT2D eigenvalue weighted by molar-refractivity contribution is 5.23. The largest absolute Gasteiger partial charge is 0.491 e. The van der Waals surface area contributed by atoms with Crippen molar-refractivity contribution in [1.29, 1.82) is 0 Å². The monoisotopic (exact) mass is 210 g/mol. The van der Waals surface area contributed by atoms with Gasteiger partial charge in [-0.2, -0.15) is 0 Å². The first kappa shape index (κ1) is 12.3. The predicted octanol–water partition coefficient (Wildman–Crippen LogP) is 3.44. The Hall–Kier alpha value is -0.760. The molecule has 0 aromatic rings. The van der Waals surface area contributed by atoms with E-state index in [0.717, 1.165) is 12.2 Å². The Labute approximate surface area is 93.0 Å². The van der Waals surface area contributed by atoms with Gasteiger partial charge in [0.05, 0.1) is 12.2 Å². The Kier molecular flexibility index (Phi) is 3.97. The molecule has 0 fully saturated rings. The molecule has 0 saturated heterocycles. The molecule has 1 aliphatic heterocycles. The van der Waals surface area contributed by atoms with E-state index in [1.807, 2.05) is 0 Å². The molecule has 1 heterocycles. The smallest absolute Gasteiger partial charge is 0.120 e. The van der Waals surface area contributed by atoms with E-state index < -0.39 is 0 Å². The lowest BCUT2D eigenvalue weighted by Crippen LogP contribution is -2.29. The molecule has 0 aromatic heterocycles. The van der Waals surface area contributed by atoms with E-state index in [9.17, 15) is 0 Å². The molecule has 0 aliphatic carbocycles. The maximum absolute atomic E-state index is 5.78. The van der Waals surface area contributed by atoms with Crippen LogP contribution in [0.15, 0.2) is 23.0 Å². The van der Waals surface area contributed by atoms with Gasteiger partial charge < -0.3 is 9.47 Å². The Balaban J connectivity index is 2.80. The molecular formula is C13H22O2. The maximum Gasteiger partial charge on any atom is 0.120 e. The number of hydrogen-bond donors (Lipinski definition) is 0. The normalized spacial score (nSPS) is 22.3. The van der Waals surface area contributed by atoms with Gasteiger partial charge in [-0.3, -0.25) is 0 Å². The number of rotatable bonds is 2. The molecule has 0 radical (unpaired) electrons. The summed E-state index contributed by atoms with van der Waals surface area (Å²) in [5.41, 5.74) is 2.33. The molecule has 2 heteroatoms. The topological polar surface area (TPSA) is 18.5 Å². The van der Waals surface area contributed by atoms with E-state index in [1.54, 1.807) is 0 Å². The van der Waals surface area contributed by atoms with Crippen molar-refractivity contribution in [3.63, 3.8) is 0 Å². The van der Waals surface area contributed by atoms with Gasteiger partial charge in [0.25, 0.3) is 0 Å². The highest BCUT2D eigenvalue weighted by Crippen LogP contribution is 2.22. The van der Waals surface area contributed by atoms with Crippen LogP contribution in [-0.4, -0.2) is 18.8 Å². The van der Waals surface area contributed by atoms with Gasteiger partial charge in [0.2, 0.25) is 0 Å². The molecule has 0 unspecified atom stereocenters. The zero-order valence-corrected chi connectivity index (χ0v) is 10.5. The lowest BCUT2D eigenvalue weighted by Gasteiger charge is -2.21. The Morgan fingerprint density at radius 3 is 2.73 bits per heavy atom. The molecule has 0 atom stereocenters. The van der Waals surface area contributed by atoms with Crippen molar-refractivity contribution >= 4 is 0 Å². The first-order valence-corrected chi connectivity index (χ1v) is 5.58. The van der Waals surface area contributed by atoms with Gasteiger partial charge in [-0.1, -0.05) is 12.5 Å². The van der Waals surface area contributed by atoms with Crippen molar-refractivity contribution < 1.29 is 9.47 Å². The van der Waals surface area contributed by atoms with Crippen molar-refractivity contribution in [2.75, 3.05) is 13.2 Å². The zero-order chi connectivity index (χ0) is 11.5. The van der Waals surface area contributed by atoms with Gasteiger partial charge in [-0.15, -0.1) is 0 Å². The minimum atomic E-state index is -0.184. The fraction of sp³-hybridized carbons (Fsp3) is 0.692. The first-order chi connectivity index (χ1) is 6.94. The molecule has 86 valence electrons. The number of hydrogen-bond acceptors (Lipinski definition) is 2. The highest BCUT2D eigenvalue weighted by Gasteiger charge is 2.23. The van der Waals surface area contributed by atoms with Crippen LogP contribution < -0.4 is 0 Å². The first-order valence-electron chi connectivity index (χ1n) is 5.58. The number of allylic oxidation sites excluding steroid dienone is 2. The fourth-order valence-corrected chi connectivity index (χ4v) is 1.28. The Morgan fingerprint density at radius 2 is 2.13 bits per heavy atom. The lowest BCUT2D eigenvalue weighted by molar-refractivity contribution is -0.0375. The summed E-state index contributed by atoms with van der Waals surface area (Å²) in [6, 6.07) is 0. The van der Waals surface area contributed by atoms with E-state index in [4.69, 9.17) is 9.47 Å². The van der Waals surface area contributed by atoms with Crippen LogP contribution in [0.1, 0.15) is 41.0 Å². The molecule has 0 spiro atoms. The summed E-state index contributed by atoms with van der Waals surface area (Å²) in [6.07, 6.45) is 3.19. The van der Waals surface area contributed by atoms with Crippen molar-refractivity contribution in [1.82, 2.24) is 0 Å². The molecule has 1 aliphatic rings. The Bertz CT molecular complexity index is 285. The van der Waals surface area contributed by atoms with Crippen molar-refractivity contribution in [3.8, 4) is 0 Å². The summed E-state index contributed by atoms with van der Waals surface area (Å²) in [5, 5.41) is 0. The van der Waals surface area contributed by atoms with Gasteiger partial charge in [-0.05, 0) is 45.8 Å². The summed E-state index contributed by atoms with van der Waals surface area (Å²) in [7, 11) is 0. The van der Waals surface area contributed by atoms with Crippen LogP contribution in [0.2, 0.25) is 0 Å². The SMILES string of the molecule is CC/C(C)=C/C1=C(C)COC(C)(C)CO1. The molecule has 0 amide bonds. The quantitative estimate of drug-likeness (QED) is 0.695. The van der Waals surface area contributed by atoms with E-state index in [2.05, 4.69) is 40.7 Å². The minimum Gasteiger partial charge on any atom is -0.491 e. The average molecular weight is 210 g/mol. The molecule has 0 N–H and O–H groups in total. The second-order valence-electron chi connectivity index (χ2n) is 4.83. The second kappa shape index (κ2) is 4.84. The van der Waals surface area contributed by atoms with Gasteiger partial charge >= 0.3 is 0 Å². The van der Waals surface area contributed by atoms with E-state index in [0.29, 0.717) is 13.2 Å². The molecular weight excluding hydrogens is 188 g/mol. The molecule has 0 bridgehead atoms. The van der Waals surface area contributed by atoms with Crippen LogP contribution in [0.5, 0.6) is 0 Å². The van der Waals surface area contributed by atoms with E-state index >= 15 is 0 Å². The third kappa shape index (κ3) is 3.71. The molecule has 1 rings (SSSR count). The van der Waals surface area contributed by atoms with Gasteiger partial charge in [0, 0.05) is 0 Å². The van der Waals surface area contributed by atoms with Gasteiger partial charge in [0.15, 0.2) is 0 Å². The zero-order valence-electron chi connectivity index (χ0n) is 10.5. The average Bonchev–Trinajstić information content (AvgIpc) is 2.31. The van der Waals surface area contributed by atoms with Crippen molar-refractivity contribution in [2.24, 2.45) is 0 Å². The minimum absolute atomic E-state index is 0.184. The molecule has 2 nitrogen and oxygen atoms in total. The van der Waals surface area contributed by atoms with Crippen LogP contribution in [0.4, 0.5) is 0 Å². The predicted molar refractivity (Wildman–Crippen MR) is 62.7 cm³/mol.